The standard InChI is InChI=1S/C21H15BrN4/c22-16-7-3-5-14(11-16)20-12-18(15-6-4-10-23-13-15)25-21-24-17-8-1-2-9-19(17)26(20)21/h1-13,20H,(H,24,25)/t20-/m1/s1. The fraction of sp³-hybridized carbons (Fsp3) is 0.0476. The van der Waals surface area contributed by atoms with E-state index in [1.165, 1.54) is 5.56 Å². The van der Waals surface area contributed by atoms with Crippen molar-refractivity contribution < 1.29 is 0 Å². The molecule has 5 rings (SSSR count). The van der Waals surface area contributed by atoms with Gasteiger partial charge in [-0.1, -0.05) is 40.2 Å². The third-order valence-corrected chi connectivity index (χ3v) is 5.10. The summed E-state index contributed by atoms with van der Waals surface area (Å²) in [4.78, 5) is 9.06. The number of hydrogen-bond donors (Lipinski definition) is 1. The molecule has 0 bridgehead atoms. The van der Waals surface area contributed by atoms with Crippen molar-refractivity contribution in [1.29, 1.82) is 0 Å². The number of hydrogen-bond acceptors (Lipinski definition) is 3. The number of anilines is 1. The van der Waals surface area contributed by atoms with Crippen LogP contribution in [0.3, 0.4) is 0 Å². The Balaban J connectivity index is 1.74. The summed E-state index contributed by atoms with van der Waals surface area (Å²) in [6.07, 6.45) is 5.89. The lowest BCUT2D eigenvalue weighted by atomic mass is 10.0. The zero-order valence-electron chi connectivity index (χ0n) is 13.8. The first-order valence-corrected chi connectivity index (χ1v) is 9.20. The highest BCUT2D eigenvalue weighted by Gasteiger charge is 2.25. The minimum atomic E-state index is 0.0476. The van der Waals surface area contributed by atoms with Gasteiger partial charge in [0.05, 0.1) is 17.1 Å². The summed E-state index contributed by atoms with van der Waals surface area (Å²) in [5.41, 5.74) is 5.36. The quantitative estimate of drug-likeness (QED) is 0.497. The minimum absolute atomic E-state index is 0.0476. The molecular weight excluding hydrogens is 388 g/mol. The third-order valence-electron chi connectivity index (χ3n) is 4.61. The molecule has 0 aliphatic carbocycles. The van der Waals surface area contributed by atoms with Crippen molar-refractivity contribution in [3.63, 3.8) is 0 Å². The summed E-state index contributed by atoms with van der Waals surface area (Å²) < 4.78 is 3.31. The van der Waals surface area contributed by atoms with Crippen LogP contribution in [0.1, 0.15) is 17.2 Å². The van der Waals surface area contributed by atoms with Crippen molar-refractivity contribution in [3.05, 3.63) is 94.7 Å². The number of benzene rings is 2. The molecule has 0 radical (unpaired) electrons. The van der Waals surface area contributed by atoms with Gasteiger partial charge < -0.3 is 5.32 Å². The van der Waals surface area contributed by atoms with Gasteiger partial charge in [-0.25, -0.2) is 4.98 Å². The molecule has 0 fully saturated rings. The number of pyridine rings is 1. The van der Waals surface area contributed by atoms with E-state index in [0.717, 1.165) is 32.7 Å². The molecule has 0 saturated carbocycles. The van der Waals surface area contributed by atoms with E-state index in [-0.39, 0.29) is 6.04 Å². The molecule has 126 valence electrons. The molecule has 0 unspecified atom stereocenters. The van der Waals surface area contributed by atoms with Crippen LogP contribution < -0.4 is 5.32 Å². The number of para-hydroxylation sites is 2. The molecule has 5 heteroatoms. The summed E-state index contributed by atoms with van der Waals surface area (Å²) in [5.74, 6) is 0.845. The largest absolute Gasteiger partial charge is 0.325 e. The molecule has 0 spiro atoms. The van der Waals surface area contributed by atoms with Gasteiger partial charge >= 0.3 is 0 Å². The van der Waals surface area contributed by atoms with Gasteiger partial charge in [0, 0.05) is 28.1 Å². The maximum atomic E-state index is 4.81. The van der Waals surface area contributed by atoms with E-state index in [0.29, 0.717) is 0 Å². The first kappa shape index (κ1) is 15.3. The molecule has 2 aromatic heterocycles. The lowest BCUT2D eigenvalue weighted by Crippen LogP contribution is -2.19. The Morgan fingerprint density at radius 1 is 1.00 bits per heavy atom. The Kier molecular flexibility index (Phi) is 3.60. The molecular formula is C21H15BrN4. The number of imidazole rings is 1. The zero-order valence-corrected chi connectivity index (χ0v) is 15.4. The maximum absolute atomic E-state index is 4.81. The number of nitrogens with one attached hydrogen (secondary N) is 1. The van der Waals surface area contributed by atoms with Crippen LogP contribution in [0.4, 0.5) is 5.95 Å². The Labute approximate surface area is 159 Å². The predicted molar refractivity (Wildman–Crippen MR) is 108 cm³/mol. The highest BCUT2D eigenvalue weighted by atomic mass is 79.9. The van der Waals surface area contributed by atoms with Crippen LogP contribution in [0.25, 0.3) is 16.7 Å². The zero-order chi connectivity index (χ0) is 17.5. The number of allylic oxidation sites excluding steroid dienone is 1. The fourth-order valence-corrected chi connectivity index (χ4v) is 3.85. The van der Waals surface area contributed by atoms with Crippen molar-refractivity contribution in [2.75, 3.05) is 5.32 Å². The van der Waals surface area contributed by atoms with Gasteiger partial charge in [-0.2, -0.15) is 0 Å². The molecule has 1 atom stereocenters. The fourth-order valence-electron chi connectivity index (χ4n) is 3.44. The van der Waals surface area contributed by atoms with Crippen LogP contribution in [0.2, 0.25) is 0 Å². The SMILES string of the molecule is Brc1cccc([C@H]2C=C(c3cccnc3)Nc3nc4ccccc4n32)c1. The first-order valence-electron chi connectivity index (χ1n) is 8.41. The molecule has 4 nitrogen and oxygen atoms in total. The molecule has 1 N–H and O–H groups in total. The summed E-state index contributed by atoms with van der Waals surface area (Å²) in [6.45, 7) is 0. The van der Waals surface area contributed by atoms with Crippen LogP contribution in [-0.4, -0.2) is 14.5 Å². The van der Waals surface area contributed by atoms with E-state index < -0.39 is 0 Å². The van der Waals surface area contributed by atoms with Gasteiger partial charge in [-0.15, -0.1) is 0 Å². The van der Waals surface area contributed by atoms with Gasteiger partial charge in [0.25, 0.3) is 0 Å². The number of aromatic nitrogens is 3. The van der Waals surface area contributed by atoms with E-state index >= 15 is 0 Å². The third kappa shape index (κ3) is 2.52. The first-order chi connectivity index (χ1) is 12.8. The topological polar surface area (TPSA) is 42.7 Å². The molecule has 0 amide bonds. The molecule has 4 aromatic rings. The Hall–Kier alpha value is -2.92. The molecule has 3 heterocycles. The number of halogens is 1. The van der Waals surface area contributed by atoms with E-state index in [2.05, 4.69) is 73.3 Å². The van der Waals surface area contributed by atoms with Crippen molar-refractivity contribution in [3.8, 4) is 0 Å². The van der Waals surface area contributed by atoms with Crippen LogP contribution in [0, 0.1) is 0 Å². The minimum Gasteiger partial charge on any atom is -0.325 e. The van der Waals surface area contributed by atoms with E-state index in [4.69, 9.17) is 4.98 Å². The van der Waals surface area contributed by atoms with E-state index in [1.807, 2.05) is 30.5 Å². The number of rotatable bonds is 2. The Morgan fingerprint density at radius 2 is 1.92 bits per heavy atom. The second kappa shape index (κ2) is 6.11. The van der Waals surface area contributed by atoms with Crippen molar-refractivity contribution in [2.45, 2.75) is 6.04 Å². The van der Waals surface area contributed by atoms with Crippen molar-refractivity contribution >= 4 is 38.6 Å². The van der Waals surface area contributed by atoms with Crippen LogP contribution in [0.5, 0.6) is 0 Å². The molecule has 1 aliphatic heterocycles. The van der Waals surface area contributed by atoms with Crippen molar-refractivity contribution in [2.24, 2.45) is 0 Å². The summed E-state index contributed by atoms with van der Waals surface area (Å²) >= 11 is 3.60. The Bertz CT molecular complexity index is 1130. The summed E-state index contributed by atoms with van der Waals surface area (Å²) in [7, 11) is 0. The number of fused-ring (bicyclic) bond motifs is 3. The van der Waals surface area contributed by atoms with E-state index in [9.17, 15) is 0 Å². The normalized spacial score (nSPS) is 16.0. The lowest BCUT2D eigenvalue weighted by molar-refractivity contribution is 0.720. The molecule has 2 aromatic carbocycles. The molecule has 0 saturated heterocycles. The molecule has 1 aliphatic rings. The summed E-state index contributed by atoms with van der Waals surface area (Å²) in [6, 6.07) is 20.7. The average Bonchev–Trinajstić information content (AvgIpc) is 3.06. The predicted octanol–water partition coefficient (Wildman–Crippen LogP) is 5.25. The van der Waals surface area contributed by atoms with E-state index in [1.54, 1.807) is 6.20 Å². The van der Waals surface area contributed by atoms with Crippen LogP contribution >= 0.6 is 15.9 Å². The average molecular weight is 403 g/mol. The van der Waals surface area contributed by atoms with Gasteiger partial charge in [0.15, 0.2) is 0 Å². The smallest absolute Gasteiger partial charge is 0.209 e. The highest BCUT2D eigenvalue weighted by molar-refractivity contribution is 9.10. The molecule has 26 heavy (non-hydrogen) atoms. The highest BCUT2D eigenvalue weighted by Crippen LogP contribution is 2.37. The second-order valence-electron chi connectivity index (χ2n) is 6.24. The lowest BCUT2D eigenvalue weighted by Gasteiger charge is -2.26. The monoisotopic (exact) mass is 402 g/mol. The van der Waals surface area contributed by atoms with Gasteiger partial charge in [0.2, 0.25) is 5.95 Å². The van der Waals surface area contributed by atoms with Crippen LogP contribution in [0.15, 0.2) is 83.6 Å². The van der Waals surface area contributed by atoms with Gasteiger partial charge in [-0.3, -0.25) is 9.55 Å². The summed E-state index contributed by atoms with van der Waals surface area (Å²) in [5, 5.41) is 3.48. The Morgan fingerprint density at radius 3 is 2.77 bits per heavy atom. The van der Waals surface area contributed by atoms with Crippen LogP contribution in [-0.2, 0) is 0 Å². The second-order valence-corrected chi connectivity index (χ2v) is 7.16. The van der Waals surface area contributed by atoms with Gasteiger partial charge in [-0.05, 0) is 48.0 Å². The van der Waals surface area contributed by atoms with Crippen molar-refractivity contribution in [1.82, 2.24) is 14.5 Å². The number of nitrogens with zero attached hydrogens (tertiary/aromatic N) is 3. The van der Waals surface area contributed by atoms with Gasteiger partial charge in [0.1, 0.15) is 0 Å². The maximum Gasteiger partial charge on any atom is 0.209 e.